The van der Waals surface area contributed by atoms with E-state index in [0.717, 1.165) is 10.6 Å². The van der Waals surface area contributed by atoms with Crippen LogP contribution in [-0.2, 0) is 16.0 Å². The summed E-state index contributed by atoms with van der Waals surface area (Å²) >= 11 is 0. The first-order chi connectivity index (χ1) is 16.7. The third kappa shape index (κ3) is 4.51. The maximum absolute atomic E-state index is 13.3. The minimum absolute atomic E-state index is 0.0534. The number of pyridine rings is 1. The summed E-state index contributed by atoms with van der Waals surface area (Å²) in [6.45, 7) is 0.167. The number of hydrogen-bond acceptors (Lipinski definition) is 5. The van der Waals surface area contributed by atoms with Crippen LogP contribution in [0, 0.1) is 5.92 Å². The van der Waals surface area contributed by atoms with Crippen LogP contribution in [0.3, 0.4) is 0 Å². The molecule has 1 unspecified atom stereocenters. The van der Waals surface area contributed by atoms with Gasteiger partial charge in [0, 0.05) is 42.9 Å². The minimum atomic E-state index is -2.86. The highest BCUT2D eigenvalue weighted by Crippen LogP contribution is 2.41. The zero-order valence-electron chi connectivity index (χ0n) is 18.9. The Labute approximate surface area is 199 Å². The Balaban J connectivity index is 1.53. The van der Waals surface area contributed by atoms with Gasteiger partial charge in [-0.3, -0.25) is 14.4 Å². The molecule has 1 atom stereocenters. The molecule has 2 amide bonds. The van der Waals surface area contributed by atoms with Crippen molar-refractivity contribution in [2.24, 2.45) is 5.92 Å². The number of aromatic amines is 1. The SMILES string of the molecule is CC(=O)Nc1cc(-c2[nH]c3c(c2Nc2ccccc2)C(=O)CC(C(=O)N2CC(F)(F)C2)C3)ccn1. The van der Waals surface area contributed by atoms with Gasteiger partial charge in [-0.05, 0) is 24.3 Å². The summed E-state index contributed by atoms with van der Waals surface area (Å²) in [7, 11) is 0. The number of amides is 2. The van der Waals surface area contributed by atoms with E-state index in [4.69, 9.17) is 0 Å². The second-order valence-corrected chi connectivity index (χ2v) is 8.91. The van der Waals surface area contributed by atoms with Crippen molar-refractivity contribution in [2.45, 2.75) is 25.7 Å². The van der Waals surface area contributed by atoms with Crippen LogP contribution < -0.4 is 10.6 Å². The van der Waals surface area contributed by atoms with Gasteiger partial charge in [0.15, 0.2) is 5.78 Å². The fraction of sp³-hybridized carbons (Fsp3) is 0.280. The van der Waals surface area contributed by atoms with E-state index in [9.17, 15) is 23.2 Å². The number of H-pyrrole nitrogens is 1. The Morgan fingerprint density at radius 2 is 1.89 bits per heavy atom. The number of carbonyl (C=O) groups excluding carboxylic acids is 3. The number of fused-ring (bicyclic) bond motifs is 1. The standard InChI is InChI=1S/C25H23F2N5O3/c1-14(33)29-20-11-15(7-8-28-20)22-23(30-17-5-3-2-4-6-17)21-18(31-22)9-16(10-19(21)34)24(35)32-12-25(26,27)13-32/h2-8,11,16,30-31H,9-10,12-13H2,1H3,(H,28,29,33). The molecule has 8 nitrogen and oxygen atoms in total. The molecule has 180 valence electrons. The summed E-state index contributed by atoms with van der Waals surface area (Å²) < 4.78 is 26.6. The van der Waals surface area contributed by atoms with Gasteiger partial charge in [-0.15, -0.1) is 0 Å². The zero-order valence-corrected chi connectivity index (χ0v) is 18.9. The van der Waals surface area contributed by atoms with Gasteiger partial charge in [-0.1, -0.05) is 18.2 Å². The molecule has 0 radical (unpaired) electrons. The quantitative estimate of drug-likeness (QED) is 0.513. The maximum Gasteiger partial charge on any atom is 0.282 e. The van der Waals surface area contributed by atoms with Crippen molar-refractivity contribution in [2.75, 3.05) is 23.7 Å². The molecule has 2 aliphatic rings. The molecule has 0 bridgehead atoms. The summed E-state index contributed by atoms with van der Waals surface area (Å²) in [5, 5.41) is 5.96. The topological polar surface area (TPSA) is 107 Å². The number of ketones is 1. The predicted octanol–water partition coefficient (Wildman–Crippen LogP) is 4.00. The van der Waals surface area contributed by atoms with Crippen LogP contribution in [0.2, 0.25) is 0 Å². The van der Waals surface area contributed by atoms with Crippen LogP contribution in [-0.4, -0.2) is 51.5 Å². The lowest BCUT2D eigenvalue weighted by Gasteiger charge is -2.40. The fourth-order valence-corrected chi connectivity index (χ4v) is 4.60. The summed E-state index contributed by atoms with van der Waals surface area (Å²) in [6.07, 6.45) is 1.72. The number of rotatable bonds is 5. The fourth-order valence-electron chi connectivity index (χ4n) is 4.60. The molecule has 2 aromatic heterocycles. The number of anilines is 3. The van der Waals surface area contributed by atoms with E-state index in [0.29, 0.717) is 34.0 Å². The number of benzene rings is 1. The molecule has 1 aromatic carbocycles. The predicted molar refractivity (Wildman–Crippen MR) is 126 cm³/mol. The molecule has 3 N–H and O–H groups in total. The van der Waals surface area contributed by atoms with Crippen molar-refractivity contribution in [3.8, 4) is 11.3 Å². The number of likely N-dealkylation sites (tertiary alicyclic amines) is 1. The first-order valence-electron chi connectivity index (χ1n) is 11.2. The minimum Gasteiger partial charge on any atom is -0.356 e. The highest BCUT2D eigenvalue weighted by molar-refractivity contribution is 6.09. The summed E-state index contributed by atoms with van der Waals surface area (Å²) in [6, 6.07) is 12.8. The van der Waals surface area contributed by atoms with Gasteiger partial charge in [-0.2, -0.15) is 0 Å². The van der Waals surface area contributed by atoms with E-state index in [2.05, 4.69) is 20.6 Å². The molecule has 1 saturated heterocycles. The maximum atomic E-state index is 13.3. The summed E-state index contributed by atoms with van der Waals surface area (Å²) in [5.41, 5.74) is 3.61. The van der Waals surface area contributed by atoms with Crippen molar-refractivity contribution in [1.82, 2.24) is 14.9 Å². The summed E-state index contributed by atoms with van der Waals surface area (Å²) in [4.78, 5) is 46.1. The Bertz CT molecular complexity index is 1310. The lowest BCUT2D eigenvalue weighted by molar-refractivity contribution is -0.169. The smallest absolute Gasteiger partial charge is 0.282 e. The first-order valence-corrected chi connectivity index (χ1v) is 11.2. The van der Waals surface area contributed by atoms with E-state index in [1.54, 1.807) is 18.3 Å². The third-order valence-electron chi connectivity index (χ3n) is 6.14. The van der Waals surface area contributed by atoms with Crippen LogP contribution in [0.1, 0.15) is 29.4 Å². The number of halogens is 2. The number of nitrogens with zero attached hydrogens (tertiary/aromatic N) is 2. The zero-order chi connectivity index (χ0) is 24.7. The van der Waals surface area contributed by atoms with E-state index in [-0.39, 0.29) is 24.5 Å². The molecule has 0 spiro atoms. The van der Waals surface area contributed by atoms with Gasteiger partial charge in [0.1, 0.15) is 5.82 Å². The van der Waals surface area contributed by atoms with Crippen LogP contribution in [0.25, 0.3) is 11.3 Å². The Kier molecular flexibility index (Phi) is 5.58. The van der Waals surface area contributed by atoms with Crippen molar-refractivity contribution in [3.05, 3.63) is 59.9 Å². The average molecular weight is 479 g/mol. The monoisotopic (exact) mass is 479 g/mol. The number of nitrogens with one attached hydrogen (secondary N) is 3. The molecule has 10 heteroatoms. The van der Waals surface area contributed by atoms with Gasteiger partial charge >= 0.3 is 0 Å². The first kappa shape index (κ1) is 22.7. The largest absolute Gasteiger partial charge is 0.356 e. The van der Waals surface area contributed by atoms with E-state index < -0.39 is 30.8 Å². The molecular formula is C25H23F2N5O3. The van der Waals surface area contributed by atoms with Crippen molar-refractivity contribution in [3.63, 3.8) is 0 Å². The third-order valence-corrected chi connectivity index (χ3v) is 6.14. The molecule has 1 aliphatic heterocycles. The number of para-hydroxylation sites is 1. The molecule has 3 aromatic rings. The normalized spacial score (nSPS) is 18.4. The highest BCUT2D eigenvalue weighted by Gasteiger charge is 2.48. The Morgan fingerprint density at radius 3 is 2.57 bits per heavy atom. The van der Waals surface area contributed by atoms with Crippen LogP contribution in [0.4, 0.5) is 26.0 Å². The molecule has 5 rings (SSSR count). The number of hydrogen-bond donors (Lipinski definition) is 3. The van der Waals surface area contributed by atoms with Crippen LogP contribution in [0.5, 0.6) is 0 Å². The lowest BCUT2D eigenvalue weighted by Crippen LogP contribution is -2.60. The number of aromatic nitrogens is 2. The van der Waals surface area contributed by atoms with Crippen molar-refractivity contribution in [1.29, 1.82) is 0 Å². The van der Waals surface area contributed by atoms with Crippen molar-refractivity contribution >= 4 is 34.8 Å². The van der Waals surface area contributed by atoms with E-state index in [1.165, 1.54) is 6.92 Å². The molecule has 35 heavy (non-hydrogen) atoms. The molecule has 1 aliphatic carbocycles. The Morgan fingerprint density at radius 1 is 1.14 bits per heavy atom. The van der Waals surface area contributed by atoms with Gasteiger partial charge in [0.25, 0.3) is 5.92 Å². The molecule has 1 fully saturated rings. The van der Waals surface area contributed by atoms with Crippen LogP contribution in [0.15, 0.2) is 48.7 Å². The van der Waals surface area contributed by atoms with Crippen LogP contribution >= 0.6 is 0 Å². The van der Waals surface area contributed by atoms with Gasteiger partial charge < -0.3 is 20.5 Å². The molecular weight excluding hydrogens is 456 g/mol. The molecule has 3 heterocycles. The second-order valence-electron chi connectivity index (χ2n) is 8.91. The number of carbonyl (C=O) groups is 3. The number of alkyl halides is 2. The number of Topliss-reactive ketones (excluding diaryl/α,β-unsaturated/α-hetero) is 1. The van der Waals surface area contributed by atoms with Gasteiger partial charge in [0.05, 0.1) is 36.0 Å². The second kappa shape index (κ2) is 8.61. The van der Waals surface area contributed by atoms with E-state index >= 15 is 0 Å². The lowest BCUT2D eigenvalue weighted by atomic mass is 9.84. The van der Waals surface area contributed by atoms with Gasteiger partial charge in [0.2, 0.25) is 11.8 Å². The van der Waals surface area contributed by atoms with Gasteiger partial charge in [-0.25, -0.2) is 13.8 Å². The average Bonchev–Trinajstić information content (AvgIpc) is 3.16. The molecule has 0 saturated carbocycles. The summed E-state index contributed by atoms with van der Waals surface area (Å²) in [5.74, 6) is -4.15. The van der Waals surface area contributed by atoms with Crippen molar-refractivity contribution < 1.29 is 23.2 Å². The Hall–Kier alpha value is -4.08. The van der Waals surface area contributed by atoms with E-state index in [1.807, 2.05) is 30.3 Å². The highest BCUT2D eigenvalue weighted by atomic mass is 19.3.